The van der Waals surface area contributed by atoms with Gasteiger partial charge in [0.15, 0.2) is 12.4 Å². The van der Waals surface area contributed by atoms with Gasteiger partial charge in [0.2, 0.25) is 5.91 Å². The zero-order valence-corrected chi connectivity index (χ0v) is 51.0. The van der Waals surface area contributed by atoms with E-state index in [-0.39, 0.29) is 19.4 Å². The Labute approximate surface area is 484 Å². The lowest BCUT2D eigenvalue weighted by molar-refractivity contribution is -0.305. The number of aliphatic hydroxyl groups is 5. The van der Waals surface area contributed by atoms with Crippen molar-refractivity contribution in [1.82, 2.24) is 5.32 Å². The highest BCUT2D eigenvalue weighted by Crippen LogP contribution is 2.26. The molecular weight excluding hydrogens is 991 g/mol. The van der Waals surface area contributed by atoms with Gasteiger partial charge in [-0.15, -0.1) is 0 Å². The number of amides is 1. The van der Waals surface area contributed by atoms with Gasteiger partial charge in [0.25, 0.3) is 0 Å². The molecule has 11 nitrogen and oxygen atoms in total. The predicted molar refractivity (Wildman–Crippen MR) is 329 cm³/mol. The van der Waals surface area contributed by atoms with E-state index in [9.17, 15) is 35.1 Å². The maximum absolute atomic E-state index is 13.5. The number of unbranched alkanes of at least 4 members (excludes halogenated alkanes) is 34. The number of ether oxygens (including phenoxy) is 3. The Balaban J connectivity index is 2.61. The molecule has 1 rings (SSSR count). The molecule has 1 saturated heterocycles. The highest BCUT2D eigenvalue weighted by atomic mass is 16.7. The van der Waals surface area contributed by atoms with Gasteiger partial charge in [0.1, 0.15) is 24.4 Å². The summed E-state index contributed by atoms with van der Waals surface area (Å²) in [5, 5.41) is 57.0. The van der Waals surface area contributed by atoms with Gasteiger partial charge in [0.05, 0.1) is 25.4 Å². The summed E-state index contributed by atoms with van der Waals surface area (Å²) >= 11 is 0. The molecule has 1 amide bonds. The van der Waals surface area contributed by atoms with Crippen LogP contribution in [0.4, 0.5) is 0 Å². The fourth-order valence-corrected chi connectivity index (χ4v) is 10.1. The Morgan fingerprint density at radius 1 is 0.494 bits per heavy atom. The molecule has 1 heterocycles. The molecular formula is C68H123NO10. The van der Waals surface area contributed by atoms with Crippen LogP contribution in [0.3, 0.4) is 0 Å². The normalized spacial score (nSPS) is 19.2. The summed E-state index contributed by atoms with van der Waals surface area (Å²) in [7, 11) is 0. The smallest absolute Gasteiger partial charge is 0.306 e. The molecule has 1 fully saturated rings. The topological polar surface area (TPSA) is 175 Å². The third-order valence-corrected chi connectivity index (χ3v) is 15.4. The van der Waals surface area contributed by atoms with Crippen LogP contribution in [-0.4, -0.2) is 99.6 Å². The summed E-state index contributed by atoms with van der Waals surface area (Å²) in [6.45, 7) is 5.76. The average Bonchev–Trinajstić information content (AvgIpc) is 3.46. The van der Waals surface area contributed by atoms with Gasteiger partial charge in [-0.25, -0.2) is 0 Å². The van der Waals surface area contributed by atoms with Crippen LogP contribution in [0.25, 0.3) is 0 Å². The summed E-state index contributed by atoms with van der Waals surface area (Å²) in [4.78, 5) is 26.6. The van der Waals surface area contributed by atoms with Crippen molar-refractivity contribution in [3.8, 4) is 0 Å². The van der Waals surface area contributed by atoms with Gasteiger partial charge >= 0.3 is 5.97 Å². The van der Waals surface area contributed by atoms with Gasteiger partial charge < -0.3 is 45.1 Å². The molecule has 1 aliphatic heterocycles. The molecule has 79 heavy (non-hydrogen) atoms. The lowest BCUT2D eigenvalue weighted by atomic mass is 9.99. The monoisotopic (exact) mass is 1110 g/mol. The van der Waals surface area contributed by atoms with Crippen molar-refractivity contribution >= 4 is 11.9 Å². The molecule has 0 aromatic rings. The van der Waals surface area contributed by atoms with Crippen LogP contribution in [0, 0.1) is 0 Å². The largest absolute Gasteiger partial charge is 0.454 e. The Bertz CT molecular complexity index is 1510. The lowest BCUT2D eigenvalue weighted by Crippen LogP contribution is -2.61. The number of nitrogens with one attached hydrogen (secondary N) is 1. The lowest BCUT2D eigenvalue weighted by Gasteiger charge is -2.41. The van der Waals surface area contributed by atoms with Crippen LogP contribution in [0.1, 0.15) is 297 Å². The number of esters is 1. The second-order valence-corrected chi connectivity index (χ2v) is 22.8. The van der Waals surface area contributed by atoms with E-state index < -0.39 is 67.4 Å². The molecule has 460 valence electrons. The molecule has 8 atom stereocenters. The van der Waals surface area contributed by atoms with Gasteiger partial charge in [-0.3, -0.25) is 9.59 Å². The van der Waals surface area contributed by atoms with Crippen molar-refractivity contribution in [2.24, 2.45) is 0 Å². The number of carbonyl (C=O) groups is 2. The molecule has 0 spiro atoms. The third-order valence-electron chi connectivity index (χ3n) is 15.4. The van der Waals surface area contributed by atoms with E-state index in [1.807, 2.05) is 6.08 Å². The minimum atomic E-state index is -1.62. The van der Waals surface area contributed by atoms with Crippen LogP contribution >= 0.6 is 0 Å². The minimum Gasteiger partial charge on any atom is -0.454 e. The molecule has 11 heteroatoms. The van der Waals surface area contributed by atoms with Gasteiger partial charge in [0, 0.05) is 6.42 Å². The number of allylic oxidation sites excluding steroid dienone is 9. The Morgan fingerprint density at radius 3 is 1.34 bits per heavy atom. The Hall–Kier alpha value is -2.64. The van der Waals surface area contributed by atoms with Gasteiger partial charge in [-0.2, -0.15) is 0 Å². The molecule has 0 radical (unpaired) electrons. The van der Waals surface area contributed by atoms with Crippen LogP contribution in [-0.2, 0) is 23.8 Å². The summed E-state index contributed by atoms with van der Waals surface area (Å²) in [5.74, 6) is -1.21. The minimum absolute atomic E-state index is 0.103. The standard InChI is InChI=1S/C68H123NO10/c1-4-7-10-13-16-19-22-25-27-28-29-30-31-32-33-34-35-36-37-40-43-46-49-52-55-61(72)67(76)69-59(60(71)54-51-48-45-42-39-24-21-18-15-12-9-6-3)58-77-68-66(65(75)64(74)62(57-70)78-68)79-63(73)56-53-50-47-44-41-38-26-23-20-17-14-11-8-5-2/h16,19,25,27,29-30,38,41,51,54,59-62,64-66,68,70-72,74-75H,4-15,17-18,20-24,26,28,31-37,39-40,42-50,52-53,55-58H2,1-3H3,(H,69,76)/b19-16-,27-25-,30-29-,41-38-,54-51+. The van der Waals surface area contributed by atoms with Crippen molar-refractivity contribution in [1.29, 1.82) is 0 Å². The summed E-state index contributed by atoms with van der Waals surface area (Å²) < 4.78 is 17.6. The molecule has 8 unspecified atom stereocenters. The van der Waals surface area contributed by atoms with E-state index in [1.165, 1.54) is 167 Å². The Morgan fingerprint density at radius 2 is 0.873 bits per heavy atom. The van der Waals surface area contributed by atoms with E-state index in [0.29, 0.717) is 12.8 Å². The number of hydrogen-bond acceptors (Lipinski definition) is 10. The van der Waals surface area contributed by atoms with Crippen molar-refractivity contribution in [2.75, 3.05) is 13.2 Å². The first-order valence-electron chi connectivity index (χ1n) is 33.1. The maximum Gasteiger partial charge on any atom is 0.306 e. The number of hydrogen-bond donors (Lipinski definition) is 6. The molecule has 6 N–H and O–H groups in total. The van der Waals surface area contributed by atoms with Crippen molar-refractivity contribution in [3.63, 3.8) is 0 Å². The molecule has 1 aliphatic rings. The van der Waals surface area contributed by atoms with Gasteiger partial charge in [-0.05, 0) is 89.9 Å². The molecule has 0 aliphatic carbocycles. The summed E-state index contributed by atoms with van der Waals surface area (Å²) in [6, 6.07) is -1.03. The van der Waals surface area contributed by atoms with Gasteiger partial charge in [-0.1, -0.05) is 261 Å². The average molecular weight is 1110 g/mol. The molecule has 0 aromatic heterocycles. The van der Waals surface area contributed by atoms with Crippen molar-refractivity contribution in [3.05, 3.63) is 60.8 Å². The first-order chi connectivity index (χ1) is 38.7. The van der Waals surface area contributed by atoms with Crippen LogP contribution in [0.5, 0.6) is 0 Å². The number of carbonyl (C=O) groups excluding carboxylic acids is 2. The van der Waals surface area contributed by atoms with Crippen molar-refractivity contribution in [2.45, 2.75) is 346 Å². The highest BCUT2D eigenvalue weighted by molar-refractivity contribution is 5.80. The zero-order chi connectivity index (χ0) is 57.5. The first kappa shape index (κ1) is 74.4. The fourth-order valence-electron chi connectivity index (χ4n) is 10.1. The second-order valence-electron chi connectivity index (χ2n) is 22.8. The second kappa shape index (κ2) is 55.9. The van der Waals surface area contributed by atoms with E-state index >= 15 is 0 Å². The molecule has 0 bridgehead atoms. The molecule has 0 saturated carbocycles. The van der Waals surface area contributed by atoms with E-state index in [2.05, 4.69) is 74.7 Å². The molecule has 0 aromatic carbocycles. The summed E-state index contributed by atoms with van der Waals surface area (Å²) in [6.07, 6.45) is 59.8. The van der Waals surface area contributed by atoms with Crippen LogP contribution in [0.15, 0.2) is 60.8 Å². The zero-order valence-electron chi connectivity index (χ0n) is 51.0. The highest BCUT2D eigenvalue weighted by Gasteiger charge is 2.47. The fraction of sp³-hybridized carbons (Fsp3) is 0.824. The quantitative estimate of drug-likeness (QED) is 0.0195. The SMILES string of the molecule is CCCCC/C=C\C/C=C\C/C=C\CCCCCCCCCCCCCC(O)C(=O)NC(COC1OC(CO)C(O)C(O)C1OC(=O)CCCCC/C=C\CCCCCCCCC)C(O)/C=C/CCCCCCCCCCCC. The van der Waals surface area contributed by atoms with E-state index in [1.54, 1.807) is 6.08 Å². The predicted octanol–water partition coefficient (Wildman–Crippen LogP) is 16.2. The van der Waals surface area contributed by atoms with Crippen molar-refractivity contribution < 1.29 is 49.3 Å². The Kier molecular flexibility index (Phi) is 52.6. The van der Waals surface area contributed by atoms with E-state index in [0.717, 1.165) is 83.5 Å². The first-order valence-corrected chi connectivity index (χ1v) is 33.1. The maximum atomic E-state index is 13.5. The van der Waals surface area contributed by atoms with E-state index in [4.69, 9.17) is 14.2 Å². The van der Waals surface area contributed by atoms with Crippen LogP contribution < -0.4 is 5.32 Å². The summed E-state index contributed by atoms with van der Waals surface area (Å²) in [5.41, 5.74) is 0. The number of rotatable bonds is 56. The van der Waals surface area contributed by atoms with Crippen LogP contribution in [0.2, 0.25) is 0 Å². The number of aliphatic hydroxyl groups excluding tert-OH is 5. The third kappa shape index (κ3) is 43.7.